The van der Waals surface area contributed by atoms with E-state index in [0.717, 1.165) is 11.1 Å². The number of anilines is 1. The molecule has 1 aliphatic rings. The molecule has 2 N–H and O–H groups in total. The van der Waals surface area contributed by atoms with Gasteiger partial charge in [0.05, 0.1) is 5.56 Å². The zero-order valence-electron chi connectivity index (χ0n) is 16.2. The number of aryl methyl sites for hydroxylation is 1. The first kappa shape index (κ1) is 19.2. The van der Waals surface area contributed by atoms with E-state index in [9.17, 15) is 9.65 Å². The van der Waals surface area contributed by atoms with Crippen molar-refractivity contribution >= 4 is 17.8 Å². The van der Waals surface area contributed by atoms with Gasteiger partial charge in [-0.2, -0.15) is 10.4 Å². The molecule has 29 heavy (non-hydrogen) atoms. The van der Waals surface area contributed by atoms with Crippen LogP contribution in [0.15, 0.2) is 35.5 Å². The van der Waals surface area contributed by atoms with Crippen LogP contribution in [0.4, 0.5) is 10.2 Å². The van der Waals surface area contributed by atoms with Crippen LogP contribution in [0.3, 0.4) is 0 Å². The molecular formula is C20H19FN6OS. The summed E-state index contributed by atoms with van der Waals surface area (Å²) in [4.78, 5) is 4.25. The summed E-state index contributed by atoms with van der Waals surface area (Å²) in [7, 11) is 3.65. The van der Waals surface area contributed by atoms with E-state index >= 15 is 0 Å². The fourth-order valence-electron chi connectivity index (χ4n) is 3.40. The van der Waals surface area contributed by atoms with Crippen LogP contribution in [0.2, 0.25) is 0 Å². The monoisotopic (exact) mass is 410 g/mol. The second-order valence-electron chi connectivity index (χ2n) is 6.85. The van der Waals surface area contributed by atoms with Gasteiger partial charge in [0.15, 0.2) is 11.6 Å². The molecule has 1 atom stereocenters. The molecular weight excluding hydrogens is 391 g/mol. The van der Waals surface area contributed by atoms with Crippen molar-refractivity contribution in [1.29, 1.82) is 5.26 Å². The third-order valence-electron chi connectivity index (χ3n) is 4.78. The van der Waals surface area contributed by atoms with Crippen molar-refractivity contribution in [2.45, 2.75) is 24.6 Å². The number of pyridine rings is 1. The molecule has 0 saturated carbocycles. The summed E-state index contributed by atoms with van der Waals surface area (Å²) < 4.78 is 23.6. The zero-order chi connectivity index (χ0) is 20.7. The molecule has 1 unspecified atom stereocenters. The van der Waals surface area contributed by atoms with Crippen LogP contribution >= 0.6 is 11.9 Å². The van der Waals surface area contributed by atoms with Crippen LogP contribution in [0.1, 0.15) is 29.8 Å². The van der Waals surface area contributed by atoms with Crippen molar-refractivity contribution < 1.29 is 9.13 Å². The first-order valence-corrected chi connectivity index (χ1v) is 9.71. The van der Waals surface area contributed by atoms with E-state index in [0.29, 0.717) is 34.1 Å². The first-order valence-electron chi connectivity index (χ1n) is 8.94. The molecule has 4 rings (SSSR count). The fourth-order valence-corrected chi connectivity index (χ4v) is 4.36. The van der Waals surface area contributed by atoms with Crippen LogP contribution in [-0.2, 0) is 13.6 Å². The van der Waals surface area contributed by atoms with Crippen molar-refractivity contribution in [1.82, 2.24) is 19.1 Å². The summed E-state index contributed by atoms with van der Waals surface area (Å²) in [5, 5.41) is 14.8. The number of nitrogens with zero attached hydrogens (tertiary/aromatic N) is 5. The number of fused-ring (bicyclic) bond motifs is 5. The summed E-state index contributed by atoms with van der Waals surface area (Å²) in [5.74, 6) is 0.277. The Hall–Kier alpha value is -3.09. The molecule has 148 valence electrons. The normalized spacial score (nSPS) is 16.6. The molecule has 0 aliphatic carbocycles. The van der Waals surface area contributed by atoms with Crippen molar-refractivity contribution in [3.63, 3.8) is 0 Å². The summed E-state index contributed by atoms with van der Waals surface area (Å²) in [6.07, 6.45) is 1.16. The molecule has 0 radical (unpaired) electrons. The molecule has 3 heterocycles. The number of aromatic nitrogens is 3. The van der Waals surface area contributed by atoms with Crippen LogP contribution in [0, 0.1) is 17.1 Å². The van der Waals surface area contributed by atoms with Gasteiger partial charge in [-0.15, -0.1) is 0 Å². The average Bonchev–Trinajstić information content (AvgIpc) is 2.98. The molecule has 2 aromatic heterocycles. The maximum atomic E-state index is 13.9. The van der Waals surface area contributed by atoms with Crippen molar-refractivity contribution in [3.8, 4) is 22.9 Å². The van der Waals surface area contributed by atoms with Gasteiger partial charge in [0.2, 0.25) is 0 Å². The molecule has 0 amide bonds. The number of nitriles is 1. The van der Waals surface area contributed by atoms with Crippen LogP contribution in [-0.4, -0.2) is 26.1 Å². The number of nitrogens with two attached hydrogens (primary N) is 1. The van der Waals surface area contributed by atoms with Crippen molar-refractivity contribution in [3.05, 3.63) is 53.1 Å². The second-order valence-corrected chi connectivity index (χ2v) is 8.04. The smallest absolute Gasteiger partial charge is 0.166 e. The predicted octanol–water partition coefficient (Wildman–Crippen LogP) is 3.67. The summed E-state index contributed by atoms with van der Waals surface area (Å²) in [6, 6.07) is 8.64. The Morgan fingerprint density at radius 1 is 1.34 bits per heavy atom. The average molecular weight is 410 g/mol. The maximum Gasteiger partial charge on any atom is 0.166 e. The Morgan fingerprint density at radius 2 is 2.14 bits per heavy atom. The van der Waals surface area contributed by atoms with Gasteiger partial charge in [-0.25, -0.2) is 13.7 Å². The summed E-state index contributed by atoms with van der Waals surface area (Å²) in [5.41, 5.74) is 9.48. The number of hydrogen-bond acceptors (Lipinski definition) is 7. The number of rotatable bonds is 0. The Balaban J connectivity index is 1.93. The van der Waals surface area contributed by atoms with Gasteiger partial charge in [0, 0.05) is 25.4 Å². The summed E-state index contributed by atoms with van der Waals surface area (Å²) in [6.45, 7) is 2.38. The van der Waals surface area contributed by atoms with E-state index in [1.807, 2.05) is 18.3 Å². The SMILES string of the molecule is CC1Oc2cc(cnc2N)-c2c(nn(C)c2C#N)SN(C)Cc2ccc(F)cc21. The van der Waals surface area contributed by atoms with Gasteiger partial charge in [-0.1, -0.05) is 6.07 Å². The molecule has 0 fully saturated rings. The van der Waals surface area contributed by atoms with Gasteiger partial charge in [0.1, 0.15) is 28.7 Å². The van der Waals surface area contributed by atoms with E-state index in [-0.39, 0.29) is 11.6 Å². The molecule has 1 aliphatic heterocycles. The number of benzene rings is 1. The standard InChI is InChI=1S/C20H19FN6OS/c1-11-15-7-14(21)5-4-12(15)10-26(2)29-20-18(16(8-22)27(3)25-20)13-6-17(28-11)19(23)24-9-13/h4-7,9,11H,10H2,1-3H3,(H2,23,24). The molecule has 7 nitrogen and oxygen atoms in total. The van der Waals surface area contributed by atoms with E-state index in [4.69, 9.17) is 10.5 Å². The minimum Gasteiger partial charge on any atom is -0.482 e. The number of ether oxygens (including phenoxy) is 1. The van der Waals surface area contributed by atoms with Gasteiger partial charge in [-0.3, -0.25) is 4.68 Å². The molecule has 2 bridgehead atoms. The van der Waals surface area contributed by atoms with Crippen molar-refractivity contribution in [2.24, 2.45) is 7.05 Å². The third kappa shape index (κ3) is 3.52. The highest BCUT2D eigenvalue weighted by Crippen LogP contribution is 2.39. The predicted molar refractivity (Wildman–Crippen MR) is 108 cm³/mol. The molecule has 3 aromatic rings. The van der Waals surface area contributed by atoms with Gasteiger partial charge in [-0.05, 0) is 55.2 Å². The summed E-state index contributed by atoms with van der Waals surface area (Å²) >= 11 is 1.42. The largest absolute Gasteiger partial charge is 0.482 e. The minimum atomic E-state index is -0.443. The van der Waals surface area contributed by atoms with Gasteiger partial charge >= 0.3 is 0 Å². The Kier molecular flexibility index (Phi) is 4.90. The van der Waals surface area contributed by atoms with Crippen LogP contribution in [0.5, 0.6) is 5.75 Å². The molecule has 0 saturated heterocycles. The second kappa shape index (κ2) is 7.39. The third-order valence-corrected chi connectivity index (χ3v) is 5.68. The number of nitrogen functional groups attached to an aromatic ring is 1. The Labute approximate surface area is 172 Å². The highest BCUT2D eigenvalue weighted by Gasteiger charge is 2.24. The fraction of sp³-hybridized carbons (Fsp3) is 0.250. The van der Waals surface area contributed by atoms with Gasteiger partial charge in [0.25, 0.3) is 0 Å². The molecule has 0 spiro atoms. The lowest BCUT2D eigenvalue weighted by molar-refractivity contribution is 0.225. The minimum absolute atomic E-state index is 0.226. The zero-order valence-corrected chi connectivity index (χ0v) is 17.0. The van der Waals surface area contributed by atoms with Gasteiger partial charge < -0.3 is 10.5 Å². The van der Waals surface area contributed by atoms with E-state index in [1.54, 1.807) is 30.1 Å². The van der Waals surface area contributed by atoms with E-state index in [1.165, 1.54) is 24.1 Å². The van der Waals surface area contributed by atoms with Crippen LogP contribution < -0.4 is 10.5 Å². The van der Waals surface area contributed by atoms with E-state index < -0.39 is 6.10 Å². The Morgan fingerprint density at radius 3 is 2.90 bits per heavy atom. The lowest BCUT2D eigenvalue weighted by Gasteiger charge is -2.23. The van der Waals surface area contributed by atoms with Crippen molar-refractivity contribution in [2.75, 3.05) is 12.8 Å². The first-order chi connectivity index (χ1) is 13.9. The number of halogens is 1. The lowest BCUT2D eigenvalue weighted by Crippen LogP contribution is -2.15. The maximum absolute atomic E-state index is 13.9. The van der Waals surface area contributed by atoms with Crippen LogP contribution in [0.25, 0.3) is 11.1 Å². The topological polar surface area (TPSA) is 93.0 Å². The highest BCUT2D eigenvalue weighted by atomic mass is 32.2. The lowest BCUT2D eigenvalue weighted by atomic mass is 10.0. The number of hydrogen-bond donors (Lipinski definition) is 1. The van der Waals surface area contributed by atoms with E-state index in [2.05, 4.69) is 16.2 Å². The highest BCUT2D eigenvalue weighted by molar-refractivity contribution is 7.97. The molecule has 9 heteroatoms. The Bertz CT molecular complexity index is 1140. The quantitative estimate of drug-likeness (QED) is 0.565. The molecule has 1 aromatic carbocycles.